The Bertz CT molecular complexity index is 794. The number of phenols is 1. The number of phenolic OH excluding ortho intramolecular Hbond substituents is 1. The second-order valence-corrected chi connectivity index (χ2v) is 5.24. The molecule has 0 aliphatic heterocycles. The van der Waals surface area contributed by atoms with Crippen LogP contribution in [0.25, 0.3) is 11.3 Å². The molecule has 26 heavy (non-hydrogen) atoms. The first-order chi connectivity index (χ1) is 11.9. The van der Waals surface area contributed by atoms with Crippen LogP contribution in [0.5, 0.6) is 5.75 Å². The molecular weight excluding hydrogens is 370 g/mol. The summed E-state index contributed by atoms with van der Waals surface area (Å²) in [5.74, 6) is -1.02. The largest absolute Gasteiger partial charge is 0.507 e. The lowest BCUT2D eigenvalue weighted by molar-refractivity contribution is -0.198. The molecule has 1 heterocycles. The molecule has 2 aromatic rings. The fraction of sp³-hybridized carbons (Fsp3) is 0.357. The fourth-order valence-corrected chi connectivity index (χ4v) is 1.94. The molecule has 2 rings (SSSR count). The number of nitrogens with zero attached hydrogens (tertiary/aromatic N) is 3. The van der Waals surface area contributed by atoms with Crippen LogP contribution in [0.1, 0.15) is 11.3 Å². The molecule has 0 unspecified atom stereocenters. The molecule has 1 atom stereocenters. The van der Waals surface area contributed by atoms with Crippen molar-refractivity contribution in [2.45, 2.75) is 25.4 Å². The SMILES string of the molecule is Cc1nc(NC[C@H](O)C(F)(F)F)nnc1-c1ccc(C(F)(F)F)cc1O. The molecule has 142 valence electrons. The maximum atomic E-state index is 12.6. The van der Waals surface area contributed by atoms with E-state index in [4.69, 9.17) is 5.11 Å². The average molecular weight is 382 g/mol. The first kappa shape index (κ1) is 19.7. The van der Waals surface area contributed by atoms with E-state index in [1.165, 1.54) is 6.92 Å². The Morgan fingerprint density at radius 2 is 1.77 bits per heavy atom. The number of aryl methyl sites for hydroxylation is 1. The normalized spacial score (nSPS) is 13.5. The number of aromatic hydroxyl groups is 1. The van der Waals surface area contributed by atoms with E-state index in [1.807, 2.05) is 0 Å². The highest BCUT2D eigenvalue weighted by Crippen LogP contribution is 2.36. The number of nitrogens with one attached hydrogen (secondary N) is 1. The summed E-state index contributed by atoms with van der Waals surface area (Å²) in [5, 5.41) is 28.0. The standard InChI is InChI=1S/C14H12F6N4O2/c1-6-11(8-3-2-7(4-9(8)25)13(15,16)17)23-24-12(22-6)21-5-10(26)14(18,19)20/h2-4,10,25-26H,5H2,1H3,(H,21,22,24)/t10-/m0/s1. The van der Waals surface area contributed by atoms with E-state index >= 15 is 0 Å². The van der Waals surface area contributed by atoms with Crippen LogP contribution in [-0.4, -0.2) is 44.2 Å². The molecule has 12 heteroatoms. The van der Waals surface area contributed by atoms with Crippen LogP contribution in [0.4, 0.5) is 32.3 Å². The highest BCUT2D eigenvalue weighted by Gasteiger charge is 2.38. The number of hydrogen-bond acceptors (Lipinski definition) is 6. The molecule has 0 saturated carbocycles. The topological polar surface area (TPSA) is 91.2 Å². The van der Waals surface area contributed by atoms with Gasteiger partial charge < -0.3 is 15.5 Å². The molecule has 0 radical (unpaired) electrons. The van der Waals surface area contributed by atoms with Gasteiger partial charge in [-0.05, 0) is 25.1 Å². The van der Waals surface area contributed by atoms with Crippen LogP contribution < -0.4 is 5.32 Å². The lowest BCUT2D eigenvalue weighted by atomic mass is 10.1. The van der Waals surface area contributed by atoms with Gasteiger partial charge in [-0.25, -0.2) is 4.98 Å². The maximum Gasteiger partial charge on any atom is 0.416 e. The summed E-state index contributed by atoms with van der Waals surface area (Å²) in [7, 11) is 0. The Kier molecular flexibility index (Phi) is 5.26. The number of benzene rings is 1. The lowest BCUT2D eigenvalue weighted by Crippen LogP contribution is -2.35. The number of aliphatic hydroxyl groups is 1. The van der Waals surface area contributed by atoms with Gasteiger partial charge in [0.1, 0.15) is 11.4 Å². The van der Waals surface area contributed by atoms with Gasteiger partial charge in [0, 0.05) is 5.56 Å². The quantitative estimate of drug-likeness (QED) is 0.705. The summed E-state index contributed by atoms with van der Waals surface area (Å²) >= 11 is 0. The van der Waals surface area contributed by atoms with E-state index in [9.17, 15) is 31.4 Å². The first-order valence-corrected chi connectivity index (χ1v) is 7.00. The Morgan fingerprint density at radius 3 is 2.27 bits per heavy atom. The van der Waals surface area contributed by atoms with Crippen molar-refractivity contribution in [3.05, 3.63) is 29.5 Å². The number of hydrogen-bond donors (Lipinski definition) is 3. The molecule has 3 N–H and O–H groups in total. The van der Waals surface area contributed by atoms with E-state index in [0.29, 0.717) is 6.07 Å². The predicted octanol–water partition coefficient (Wildman–Crippen LogP) is 2.91. The zero-order chi connectivity index (χ0) is 19.7. The summed E-state index contributed by atoms with van der Waals surface area (Å²) in [6, 6.07) is 2.24. The minimum atomic E-state index is -4.82. The highest BCUT2D eigenvalue weighted by molar-refractivity contribution is 5.69. The van der Waals surface area contributed by atoms with E-state index in [2.05, 4.69) is 20.5 Å². The van der Waals surface area contributed by atoms with Gasteiger partial charge in [-0.15, -0.1) is 10.2 Å². The molecular formula is C14H12F6N4O2. The van der Waals surface area contributed by atoms with Gasteiger partial charge in [0.15, 0.2) is 6.10 Å². The molecule has 1 aromatic carbocycles. The highest BCUT2D eigenvalue weighted by atomic mass is 19.4. The lowest BCUT2D eigenvalue weighted by Gasteiger charge is -2.15. The number of aliphatic hydroxyl groups excluding tert-OH is 1. The van der Waals surface area contributed by atoms with E-state index in [0.717, 1.165) is 12.1 Å². The van der Waals surface area contributed by atoms with Gasteiger partial charge in [0.2, 0.25) is 5.95 Å². The van der Waals surface area contributed by atoms with Crippen molar-refractivity contribution >= 4 is 5.95 Å². The first-order valence-electron chi connectivity index (χ1n) is 7.00. The summed E-state index contributed by atoms with van der Waals surface area (Å²) in [6.07, 6.45) is -12.1. The van der Waals surface area contributed by atoms with Crippen molar-refractivity contribution in [1.82, 2.24) is 15.2 Å². The summed E-state index contributed by atoms with van der Waals surface area (Å²) in [6.45, 7) is 0.474. The number of anilines is 1. The molecule has 6 nitrogen and oxygen atoms in total. The van der Waals surface area contributed by atoms with Crippen molar-refractivity contribution in [1.29, 1.82) is 0 Å². The summed E-state index contributed by atoms with van der Waals surface area (Å²) in [4.78, 5) is 3.82. The van der Waals surface area contributed by atoms with Crippen molar-refractivity contribution in [3.63, 3.8) is 0 Å². The van der Waals surface area contributed by atoms with E-state index in [-0.39, 0.29) is 22.9 Å². The van der Waals surface area contributed by atoms with Gasteiger partial charge in [0.05, 0.1) is 17.8 Å². The van der Waals surface area contributed by atoms with Gasteiger partial charge in [-0.3, -0.25) is 0 Å². The minimum Gasteiger partial charge on any atom is -0.507 e. The Hall–Kier alpha value is -2.63. The fourth-order valence-electron chi connectivity index (χ4n) is 1.94. The molecule has 0 spiro atoms. The van der Waals surface area contributed by atoms with Crippen molar-refractivity contribution < 1.29 is 36.6 Å². The number of aromatic nitrogens is 3. The smallest absolute Gasteiger partial charge is 0.416 e. The third-order valence-corrected chi connectivity index (χ3v) is 3.27. The number of halogens is 6. The third kappa shape index (κ3) is 4.50. The monoisotopic (exact) mass is 382 g/mol. The van der Waals surface area contributed by atoms with Crippen LogP contribution in [-0.2, 0) is 6.18 Å². The van der Waals surface area contributed by atoms with Gasteiger partial charge in [-0.1, -0.05) is 0 Å². The Balaban J connectivity index is 2.22. The summed E-state index contributed by atoms with van der Waals surface area (Å²) in [5.41, 5.74) is -1.08. The molecule has 1 aromatic heterocycles. The molecule has 0 aliphatic carbocycles. The van der Waals surface area contributed by atoms with Gasteiger partial charge in [0.25, 0.3) is 0 Å². The van der Waals surface area contributed by atoms with Crippen LogP contribution in [0, 0.1) is 6.92 Å². The molecule has 0 saturated heterocycles. The van der Waals surface area contributed by atoms with Crippen molar-refractivity contribution in [2.24, 2.45) is 0 Å². The van der Waals surface area contributed by atoms with Gasteiger partial charge in [-0.2, -0.15) is 26.3 Å². The average Bonchev–Trinajstić information content (AvgIpc) is 2.51. The van der Waals surface area contributed by atoms with E-state index < -0.39 is 36.3 Å². The molecule has 0 bridgehead atoms. The maximum absolute atomic E-state index is 12.6. The zero-order valence-corrected chi connectivity index (χ0v) is 13.0. The third-order valence-electron chi connectivity index (χ3n) is 3.27. The van der Waals surface area contributed by atoms with E-state index in [1.54, 1.807) is 0 Å². The van der Waals surface area contributed by atoms with Crippen molar-refractivity contribution in [2.75, 3.05) is 11.9 Å². The molecule has 0 amide bonds. The van der Waals surface area contributed by atoms with Crippen LogP contribution in [0.2, 0.25) is 0 Å². The second kappa shape index (κ2) is 6.94. The molecule has 0 fully saturated rings. The van der Waals surface area contributed by atoms with Crippen molar-refractivity contribution in [3.8, 4) is 17.0 Å². The predicted molar refractivity (Wildman–Crippen MR) is 77.2 cm³/mol. The number of rotatable bonds is 4. The van der Waals surface area contributed by atoms with Crippen LogP contribution in [0.15, 0.2) is 18.2 Å². The zero-order valence-electron chi connectivity index (χ0n) is 13.0. The summed E-state index contributed by atoms with van der Waals surface area (Å²) < 4.78 is 74.5. The second-order valence-electron chi connectivity index (χ2n) is 5.24. The van der Waals surface area contributed by atoms with Crippen LogP contribution >= 0.6 is 0 Å². The van der Waals surface area contributed by atoms with Crippen LogP contribution in [0.3, 0.4) is 0 Å². The molecule has 0 aliphatic rings. The van der Waals surface area contributed by atoms with Gasteiger partial charge >= 0.3 is 12.4 Å². The Labute approximate surface area is 142 Å². The minimum absolute atomic E-state index is 0.0434. The Morgan fingerprint density at radius 1 is 1.12 bits per heavy atom. The number of alkyl halides is 6.